The second-order valence-corrected chi connectivity index (χ2v) is 7.81. The van der Waals surface area contributed by atoms with Crippen molar-refractivity contribution in [2.24, 2.45) is 0 Å². The third-order valence-electron chi connectivity index (χ3n) is 4.47. The molecule has 0 bridgehead atoms. The quantitative estimate of drug-likeness (QED) is 0.465. The van der Waals surface area contributed by atoms with Gasteiger partial charge in [0, 0.05) is 5.69 Å². The second-order valence-electron chi connectivity index (χ2n) is 6.90. The lowest BCUT2D eigenvalue weighted by molar-refractivity contribution is 0.0378. The van der Waals surface area contributed by atoms with Gasteiger partial charge in [-0.1, -0.05) is 11.8 Å². The van der Waals surface area contributed by atoms with E-state index in [4.69, 9.17) is 9.15 Å². The monoisotopic (exact) mass is 422 g/mol. The molecule has 0 radical (unpaired) electrons. The number of furan rings is 1. The van der Waals surface area contributed by atoms with Gasteiger partial charge in [0.1, 0.15) is 24.0 Å². The summed E-state index contributed by atoms with van der Waals surface area (Å²) >= 11 is 1.39. The highest BCUT2D eigenvalue weighted by Crippen LogP contribution is 2.30. The zero-order chi connectivity index (χ0) is 21.3. The summed E-state index contributed by atoms with van der Waals surface area (Å²) < 4.78 is 12.0. The predicted molar refractivity (Wildman–Crippen MR) is 111 cm³/mol. The van der Waals surface area contributed by atoms with E-state index in [1.54, 1.807) is 38.1 Å². The number of anilines is 1. The number of fused-ring (bicyclic) bond motifs is 1. The van der Waals surface area contributed by atoms with E-state index in [-0.39, 0.29) is 30.0 Å². The molecule has 0 spiro atoms. The number of esters is 1. The lowest BCUT2D eigenvalue weighted by Gasteiger charge is -2.30. The van der Waals surface area contributed by atoms with Gasteiger partial charge in [0.05, 0.1) is 23.8 Å². The number of carbonyl (C=O) groups is 1. The summed E-state index contributed by atoms with van der Waals surface area (Å²) in [6.07, 6.45) is 1.29. The van der Waals surface area contributed by atoms with E-state index in [1.807, 2.05) is 23.1 Å². The van der Waals surface area contributed by atoms with E-state index < -0.39 is 5.56 Å². The van der Waals surface area contributed by atoms with Gasteiger partial charge in [-0.05, 0) is 50.2 Å². The lowest BCUT2D eigenvalue weighted by atomic mass is 10.2. The Bertz CT molecular complexity index is 1180. The highest BCUT2D eigenvalue weighted by Gasteiger charge is 2.25. The summed E-state index contributed by atoms with van der Waals surface area (Å²) in [4.78, 5) is 31.4. The number of ether oxygens (including phenoxy) is 1. The fraction of sp³-hybridized carbons (Fsp3) is 0.238. The van der Waals surface area contributed by atoms with Crippen LogP contribution in [0.2, 0.25) is 0 Å². The Morgan fingerprint density at radius 3 is 2.70 bits per heavy atom. The van der Waals surface area contributed by atoms with Crippen molar-refractivity contribution in [3.05, 3.63) is 64.1 Å². The Balaban J connectivity index is 1.62. The summed E-state index contributed by atoms with van der Waals surface area (Å²) in [6.45, 7) is 3.84. The summed E-state index contributed by atoms with van der Waals surface area (Å²) in [5.41, 5.74) is 1.10. The Morgan fingerprint density at radius 2 is 2.07 bits per heavy atom. The SMILES string of the molecule is CC(C)OC(=O)c1ccc(N2CSc3nc(-c4ccco4)c(C#N)c(=O)n3C2)cc1. The highest BCUT2D eigenvalue weighted by atomic mass is 32.2. The average Bonchev–Trinajstić information content (AvgIpc) is 3.28. The van der Waals surface area contributed by atoms with Gasteiger partial charge < -0.3 is 14.1 Å². The van der Waals surface area contributed by atoms with E-state index in [9.17, 15) is 14.9 Å². The Morgan fingerprint density at radius 1 is 1.30 bits per heavy atom. The molecule has 1 aliphatic heterocycles. The third-order valence-corrected chi connectivity index (χ3v) is 5.48. The van der Waals surface area contributed by atoms with Gasteiger partial charge in [-0.25, -0.2) is 9.78 Å². The van der Waals surface area contributed by atoms with Crippen LogP contribution in [0, 0.1) is 11.3 Å². The number of nitriles is 1. The van der Waals surface area contributed by atoms with Gasteiger partial charge >= 0.3 is 5.97 Å². The van der Waals surface area contributed by atoms with Crippen molar-refractivity contribution in [2.75, 3.05) is 10.8 Å². The van der Waals surface area contributed by atoms with Crippen LogP contribution in [0.25, 0.3) is 11.5 Å². The number of thioether (sulfide) groups is 1. The molecule has 0 aliphatic carbocycles. The van der Waals surface area contributed by atoms with E-state index in [1.165, 1.54) is 22.6 Å². The first-order valence-corrected chi connectivity index (χ1v) is 10.2. The van der Waals surface area contributed by atoms with Crippen LogP contribution in [-0.4, -0.2) is 27.5 Å². The first-order chi connectivity index (χ1) is 14.5. The fourth-order valence-electron chi connectivity index (χ4n) is 3.06. The van der Waals surface area contributed by atoms with E-state index in [0.717, 1.165) is 5.69 Å². The molecule has 0 unspecified atom stereocenters. The molecule has 9 heteroatoms. The molecule has 2 aromatic heterocycles. The molecule has 0 fully saturated rings. The predicted octanol–water partition coefficient (Wildman–Crippen LogP) is 3.47. The normalized spacial score (nSPS) is 13.1. The minimum atomic E-state index is -0.414. The van der Waals surface area contributed by atoms with Gasteiger partial charge in [0.2, 0.25) is 0 Å². The van der Waals surface area contributed by atoms with Crippen LogP contribution < -0.4 is 10.5 Å². The average molecular weight is 422 g/mol. The standard InChI is InChI=1S/C21H18N4O4S/c1-13(2)29-20(27)14-5-7-15(8-6-14)24-11-25-19(26)16(10-22)18(17-4-3-9-28-17)23-21(25)30-12-24/h3-9,13H,11-12H2,1-2H3. The number of benzene rings is 1. The van der Waals surface area contributed by atoms with Gasteiger partial charge in [-0.15, -0.1) is 0 Å². The maximum absolute atomic E-state index is 12.9. The van der Waals surface area contributed by atoms with Gasteiger partial charge in [-0.2, -0.15) is 5.26 Å². The summed E-state index contributed by atoms with van der Waals surface area (Å²) in [5.74, 6) is 0.574. The molecule has 0 saturated heterocycles. The molecular formula is C21H18N4O4S. The minimum Gasteiger partial charge on any atom is -0.463 e. The number of hydrogen-bond acceptors (Lipinski definition) is 8. The maximum atomic E-state index is 12.9. The molecule has 152 valence electrons. The van der Waals surface area contributed by atoms with Crippen molar-refractivity contribution < 1.29 is 13.9 Å². The van der Waals surface area contributed by atoms with E-state index in [2.05, 4.69) is 4.98 Å². The zero-order valence-corrected chi connectivity index (χ0v) is 17.2. The van der Waals surface area contributed by atoms with E-state index >= 15 is 0 Å². The topological polar surface area (TPSA) is 101 Å². The number of aromatic nitrogens is 2. The molecule has 0 N–H and O–H groups in total. The van der Waals surface area contributed by atoms with Crippen molar-refractivity contribution in [3.63, 3.8) is 0 Å². The van der Waals surface area contributed by atoms with Gasteiger partial charge in [-0.3, -0.25) is 9.36 Å². The Kier molecular flexibility index (Phi) is 5.33. The number of hydrogen-bond donors (Lipinski definition) is 0. The van der Waals surface area contributed by atoms with Crippen molar-refractivity contribution in [3.8, 4) is 17.5 Å². The molecule has 30 heavy (non-hydrogen) atoms. The summed E-state index contributed by atoms with van der Waals surface area (Å²) in [5, 5.41) is 10.0. The Hall–Kier alpha value is -3.51. The van der Waals surface area contributed by atoms with Crippen LogP contribution in [0.15, 0.2) is 57.0 Å². The van der Waals surface area contributed by atoms with Crippen molar-refractivity contribution in [1.82, 2.24) is 9.55 Å². The lowest BCUT2D eigenvalue weighted by Crippen LogP contribution is -2.38. The maximum Gasteiger partial charge on any atom is 0.338 e. The summed E-state index contributed by atoms with van der Waals surface area (Å²) in [7, 11) is 0. The minimum absolute atomic E-state index is 0.0528. The molecule has 8 nitrogen and oxygen atoms in total. The van der Waals surface area contributed by atoms with Gasteiger partial charge in [0.15, 0.2) is 10.9 Å². The number of carbonyl (C=O) groups excluding carboxylic acids is 1. The molecule has 1 aromatic carbocycles. The van der Waals surface area contributed by atoms with Crippen LogP contribution >= 0.6 is 11.8 Å². The van der Waals surface area contributed by atoms with Crippen molar-refractivity contribution in [2.45, 2.75) is 31.8 Å². The van der Waals surface area contributed by atoms with Gasteiger partial charge in [0.25, 0.3) is 5.56 Å². The first kappa shape index (κ1) is 19.8. The summed E-state index contributed by atoms with van der Waals surface area (Å²) in [6, 6.07) is 12.3. The number of rotatable bonds is 4. The van der Waals surface area contributed by atoms with Crippen LogP contribution in [0.3, 0.4) is 0 Å². The molecule has 0 amide bonds. The second kappa shape index (κ2) is 8.08. The zero-order valence-electron chi connectivity index (χ0n) is 16.4. The van der Waals surface area contributed by atoms with Crippen LogP contribution in [0.5, 0.6) is 0 Å². The Labute approximate surface area is 176 Å². The largest absolute Gasteiger partial charge is 0.463 e. The molecule has 1 aliphatic rings. The molecule has 0 saturated carbocycles. The number of nitrogens with zero attached hydrogens (tertiary/aromatic N) is 4. The molecular weight excluding hydrogens is 404 g/mol. The van der Waals surface area contributed by atoms with E-state index in [0.29, 0.717) is 22.4 Å². The molecule has 0 atom stereocenters. The van der Waals surface area contributed by atoms with Crippen LogP contribution in [-0.2, 0) is 11.4 Å². The van der Waals surface area contributed by atoms with Crippen molar-refractivity contribution >= 4 is 23.4 Å². The highest BCUT2D eigenvalue weighted by molar-refractivity contribution is 7.99. The van der Waals surface area contributed by atoms with Crippen LogP contribution in [0.1, 0.15) is 29.8 Å². The van der Waals surface area contributed by atoms with Crippen LogP contribution in [0.4, 0.5) is 5.69 Å². The molecule has 3 aromatic rings. The van der Waals surface area contributed by atoms with Crippen molar-refractivity contribution in [1.29, 1.82) is 5.26 Å². The third kappa shape index (κ3) is 3.69. The fourth-order valence-corrected chi connectivity index (χ4v) is 4.01. The smallest absolute Gasteiger partial charge is 0.338 e. The molecule has 3 heterocycles. The first-order valence-electron chi connectivity index (χ1n) is 9.25. The molecule has 4 rings (SSSR count).